The van der Waals surface area contributed by atoms with E-state index in [9.17, 15) is 9.90 Å². The number of amides is 1. The van der Waals surface area contributed by atoms with Gasteiger partial charge in [-0.05, 0) is 42.5 Å². The van der Waals surface area contributed by atoms with Crippen LogP contribution in [0.25, 0.3) is 0 Å². The molecule has 3 nitrogen and oxygen atoms in total. The van der Waals surface area contributed by atoms with Crippen molar-refractivity contribution in [2.45, 2.75) is 18.8 Å². The largest absolute Gasteiger partial charge is 0.396 e. The van der Waals surface area contributed by atoms with Gasteiger partial charge in [-0.3, -0.25) is 4.79 Å². The van der Waals surface area contributed by atoms with Crippen molar-refractivity contribution in [3.8, 4) is 0 Å². The number of hydrogen-bond acceptors (Lipinski definition) is 2. The number of rotatable bonds is 7. The van der Waals surface area contributed by atoms with Gasteiger partial charge in [-0.25, -0.2) is 0 Å². The molecule has 0 heterocycles. The summed E-state index contributed by atoms with van der Waals surface area (Å²) in [6.45, 7) is 0.740. The molecule has 116 valence electrons. The molecule has 0 aliphatic rings. The standard InChI is InChI=1S/C18H20BrNO2/c19-17-8-4-7-16(13-17)18(22)20-11-9-15(10-12-21)14-5-2-1-3-6-14/h1-8,13,15,21H,9-12H2,(H,20,22)/t15-/m1/s1. The van der Waals surface area contributed by atoms with E-state index in [0.717, 1.165) is 10.9 Å². The number of aliphatic hydroxyl groups is 1. The number of nitrogens with one attached hydrogen (secondary N) is 1. The molecule has 2 aromatic rings. The molecule has 1 amide bonds. The summed E-state index contributed by atoms with van der Waals surface area (Å²) < 4.78 is 0.891. The van der Waals surface area contributed by atoms with Crippen molar-refractivity contribution in [1.82, 2.24) is 5.32 Å². The molecule has 0 spiro atoms. The molecule has 0 aromatic heterocycles. The molecule has 0 fully saturated rings. The van der Waals surface area contributed by atoms with Gasteiger partial charge in [0.1, 0.15) is 0 Å². The highest BCUT2D eigenvalue weighted by atomic mass is 79.9. The molecular weight excluding hydrogens is 342 g/mol. The van der Waals surface area contributed by atoms with Crippen LogP contribution in [-0.2, 0) is 0 Å². The van der Waals surface area contributed by atoms with E-state index in [-0.39, 0.29) is 18.4 Å². The van der Waals surface area contributed by atoms with Crippen LogP contribution in [0, 0.1) is 0 Å². The Balaban J connectivity index is 1.89. The molecule has 4 heteroatoms. The zero-order valence-corrected chi connectivity index (χ0v) is 13.9. The number of benzene rings is 2. The zero-order valence-electron chi connectivity index (χ0n) is 12.3. The van der Waals surface area contributed by atoms with Crippen LogP contribution in [0.3, 0.4) is 0 Å². The van der Waals surface area contributed by atoms with Gasteiger partial charge in [0, 0.05) is 23.2 Å². The fraction of sp³-hybridized carbons (Fsp3) is 0.278. The Morgan fingerprint density at radius 1 is 1.09 bits per heavy atom. The average Bonchev–Trinajstić information content (AvgIpc) is 2.55. The number of carbonyl (C=O) groups excluding carboxylic acids is 1. The lowest BCUT2D eigenvalue weighted by molar-refractivity contribution is 0.0952. The highest BCUT2D eigenvalue weighted by Gasteiger charge is 2.12. The van der Waals surface area contributed by atoms with Crippen molar-refractivity contribution in [3.05, 3.63) is 70.2 Å². The first kappa shape index (κ1) is 16.7. The maximum atomic E-state index is 12.1. The molecule has 22 heavy (non-hydrogen) atoms. The highest BCUT2D eigenvalue weighted by Crippen LogP contribution is 2.22. The quantitative estimate of drug-likeness (QED) is 0.789. The lowest BCUT2D eigenvalue weighted by Crippen LogP contribution is -2.25. The molecule has 2 N–H and O–H groups in total. The molecule has 0 bridgehead atoms. The van der Waals surface area contributed by atoms with Crippen LogP contribution in [0.5, 0.6) is 0 Å². The van der Waals surface area contributed by atoms with Gasteiger partial charge in [-0.1, -0.05) is 52.3 Å². The lowest BCUT2D eigenvalue weighted by Gasteiger charge is -2.16. The van der Waals surface area contributed by atoms with Crippen molar-refractivity contribution in [3.63, 3.8) is 0 Å². The van der Waals surface area contributed by atoms with Gasteiger partial charge in [-0.15, -0.1) is 0 Å². The summed E-state index contributed by atoms with van der Waals surface area (Å²) >= 11 is 3.37. The van der Waals surface area contributed by atoms with E-state index in [2.05, 4.69) is 33.4 Å². The predicted octanol–water partition coefficient (Wildman–Crippen LogP) is 3.74. The highest BCUT2D eigenvalue weighted by molar-refractivity contribution is 9.10. The smallest absolute Gasteiger partial charge is 0.251 e. The third kappa shape index (κ3) is 4.97. The van der Waals surface area contributed by atoms with Crippen molar-refractivity contribution in [2.24, 2.45) is 0 Å². The Bertz CT molecular complexity index is 601. The van der Waals surface area contributed by atoms with E-state index in [1.165, 1.54) is 5.56 Å². The van der Waals surface area contributed by atoms with Gasteiger partial charge in [0.05, 0.1) is 0 Å². The predicted molar refractivity (Wildman–Crippen MR) is 92.0 cm³/mol. The molecule has 0 saturated carbocycles. The second kappa shape index (κ2) is 8.71. The monoisotopic (exact) mass is 361 g/mol. The second-order valence-corrected chi connectivity index (χ2v) is 6.09. The Hall–Kier alpha value is -1.65. The summed E-state index contributed by atoms with van der Waals surface area (Å²) in [5.74, 6) is 0.186. The third-order valence-corrected chi connectivity index (χ3v) is 4.11. The fourth-order valence-electron chi connectivity index (χ4n) is 2.45. The maximum Gasteiger partial charge on any atom is 0.251 e. The SMILES string of the molecule is O=C(NCC[C@H](CCO)c1ccccc1)c1cccc(Br)c1. The minimum atomic E-state index is -0.0721. The van der Waals surface area contributed by atoms with Gasteiger partial charge in [0.2, 0.25) is 0 Å². The molecule has 2 rings (SSSR count). The van der Waals surface area contributed by atoms with E-state index >= 15 is 0 Å². The van der Waals surface area contributed by atoms with Crippen LogP contribution in [0.4, 0.5) is 0 Å². The van der Waals surface area contributed by atoms with Crippen molar-refractivity contribution < 1.29 is 9.90 Å². The first-order valence-electron chi connectivity index (χ1n) is 7.40. The van der Waals surface area contributed by atoms with Crippen molar-refractivity contribution in [1.29, 1.82) is 0 Å². The Morgan fingerprint density at radius 2 is 1.86 bits per heavy atom. The normalized spacial score (nSPS) is 11.9. The molecule has 0 unspecified atom stereocenters. The first-order chi connectivity index (χ1) is 10.7. The average molecular weight is 362 g/mol. The fourth-order valence-corrected chi connectivity index (χ4v) is 2.85. The number of hydrogen-bond donors (Lipinski definition) is 2. The van der Waals surface area contributed by atoms with Crippen molar-refractivity contribution in [2.75, 3.05) is 13.2 Å². The van der Waals surface area contributed by atoms with E-state index in [1.54, 1.807) is 12.1 Å². The Labute approximate surface area is 139 Å². The van der Waals surface area contributed by atoms with Crippen LogP contribution in [0.2, 0.25) is 0 Å². The van der Waals surface area contributed by atoms with E-state index in [4.69, 9.17) is 0 Å². The molecule has 1 atom stereocenters. The molecule has 0 aliphatic heterocycles. The number of aliphatic hydroxyl groups excluding tert-OH is 1. The zero-order chi connectivity index (χ0) is 15.8. The minimum absolute atomic E-state index is 0.0721. The van der Waals surface area contributed by atoms with Gasteiger partial charge < -0.3 is 10.4 Å². The summed E-state index contributed by atoms with van der Waals surface area (Å²) in [6.07, 6.45) is 1.51. The van der Waals surface area contributed by atoms with E-state index in [1.807, 2.05) is 30.3 Å². The number of halogens is 1. The Morgan fingerprint density at radius 3 is 2.55 bits per heavy atom. The van der Waals surface area contributed by atoms with Crippen LogP contribution in [-0.4, -0.2) is 24.2 Å². The molecular formula is C18H20BrNO2. The van der Waals surface area contributed by atoms with E-state index < -0.39 is 0 Å². The molecule has 0 radical (unpaired) electrons. The van der Waals surface area contributed by atoms with E-state index in [0.29, 0.717) is 18.5 Å². The third-order valence-electron chi connectivity index (χ3n) is 3.61. The van der Waals surface area contributed by atoms with Gasteiger partial charge >= 0.3 is 0 Å². The summed E-state index contributed by atoms with van der Waals surface area (Å²) in [4.78, 5) is 12.1. The van der Waals surface area contributed by atoms with Crippen LogP contribution in [0.1, 0.15) is 34.7 Å². The molecule has 0 saturated heterocycles. The Kier molecular flexibility index (Phi) is 6.62. The second-order valence-electron chi connectivity index (χ2n) is 5.17. The number of carbonyl (C=O) groups is 1. The lowest BCUT2D eigenvalue weighted by atomic mass is 9.93. The van der Waals surface area contributed by atoms with Gasteiger partial charge in [0.25, 0.3) is 5.91 Å². The maximum absolute atomic E-state index is 12.1. The summed E-state index contributed by atoms with van der Waals surface area (Å²) in [6, 6.07) is 17.4. The summed E-state index contributed by atoms with van der Waals surface area (Å²) in [5.41, 5.74) is 1.85. The summed E-state index contributed by atoms with van der Waals surface area (Å²) in [7, 11) is 0. The minimum Gasteiger partial charge on any atom is -0.396 e. The van der Waals surface area contributed by atoms with Crippen LogP contribution in [0.15, 0.2) is 59.1 Å². The van der Waals surface area contributed by atoms with Gasteiger partial charge in [0.15, 0.2) is 0 Å². The first-order valence-corrected chi connectivity index (χ1v) is 8.19. The topological polar surface area (TPSA) is 49.3 Å². The summed E-state index contributed by atoms with van der Waals surface area (Å²) in [5, 5.41) is 12.2. The van der Waals surface area contributed by atoms with Crippen LogP contribution < -0.4 is 5.32 Å². The molecule has 2 aromatic carbocycles. The van der Waals surface area contributed by atoms with Crippen LogP contribution >= 0.6 is 15.9 Å². The molecule has 0 aliphatic carbocycles. The van der Waals surface area contributed by atoms with Gasteiger partial charge in [-0.2, -0.15) is 0 Å². The van der Waals surface area contributed by atoms with Crippen molar-refractivity contribution >= 4 is 21.8 Å².